The lowest BCUT2D eigenvalue weighted by molar-refractivity contribution is 0.0985. The summed E-state index contributed by atoms with van der Waals surface area (Å²) in [6.07, 6.45) is 0.251. The molecule has 24 heavy (non-hydrogen) atoms. The smallest absolute Gasteiger partial charge is 0.259 e. The van der Waals surface area contributed by atoms with Gasteiger partial charge in [0.15, 0.2) is 5.78 Å². The normalized spacial score (nSPS) is 10.8. The number of hydrogen-bond donors (Lipinski definition) is 2. The molecule has 0 bridgehead atoms. The van der Waals surface area contributed by atoms with Crippen molar-refractivity contribution in [1.29, 1.82) is 0 Å². The van der Waals surface area contributed by atoms with Gasteiger partial charge in [-0.2, -0.15) is 0 Å². The summed E-state index contributed by atoms with van der Waals surface area (Å²) in [6.45, 7) is 1.71. The van der Waals surface area contributed by atoms with Crippen LogP contribution in [0.15, 0.2) is 41.2 Å². The molecule has 0 fully saturated rings. The number of hydrogen-bond acceptors (Lipinski definition) is 5. The van der Waals surface area contributed by atoms with Crippen molar-refractivity contribution in [3.63, 3.8) is 0 Å². The van der Waals surface area contributed by atoms with Crippen molar-refractivity contribution in [2.75, 3.05) is 7.11 Å². The molecular weight excluding hydrogens is 308 g/mol. The molecule has 6 heteroatoms. The molecule has 1 aromatic heterocycles. The van der Waals surface area contributed by atoms with Crippen LogP contribution in [0.1, 0.15) is 23.7 Å². The minimum Gasteiger partial charge on any atom is -0.506 e. The van der Waals surface area contributed by atoms with Crippen LogP contribution in [0.2, 0.25) is 0 Å². The van der Waals surface area contributed by atoms with Crippen LogP contribution in [0.4, 0.5) is 0 Å². The molecular formula is C18H16N2O4. The molecule has 0 saturated heterocycles. The summed E-state index contributed by atoms with van der Waals surface area (Å²) in [6, 6.07) is 9.97. The van der Waals surface area contributed by atoms with Crippen molar-refractivity contribution in [2.24, 2.45) is 0 Å². The van der Waals surface area contributed by atoms with Gasteiger partial charge >= 0.3 is 0 Å². The summed E-state index contributed by atoms with van der Waals surface area (Å²) >= 11 is 0. The Morgan fingerprint density at radius 2 is 2.00 bits per heavy atom. The van der Waals surface area contributed by atoms with Crippen LogP contribution in [-0.2, 0) is 0 Å². The van der Waals surface area contributed by atoms with Gasteiger partial charge in [-0.25, -0.2) is 4.98 Å². The molecule has 3 rings (SSSR count). The summed E-state index contributed by atoms with van der Waals surface area (Å²) in [7, 11) is 1.44. The molecule has 2 N–H and O–H groups in total. The molecule has 0 saturated carbocycles. The lowest BCUT2D eigenvalue weighted by Gasteiger charge is -2.13. The number of carbonyl (C=O) groups excluding carboxylic acids is 1. The van der Waals surface area contributed by atoms with Crippen LogP contribution < -0.4 is 10.3 Å². The first kappa shape index (κ1) is 15.7. The van der Waals surface area contributed by atoms with Crippen LogP contribution in [0.25, 0.3) is 22.3 Å². The molecule has 0 aliphatic heterocycles. The molecule has 2 aromatic carbocycles. The molecule has 3 aromatic rings. The predicted molar refractivity (Wildman–Crippen MR) is 90.6 cm³/mol. The number of rotatable bonds is 4. The molecule has 0 radical (unpaired) electrons. The van der Waals surface area contributed by atoms with Gasteiger partial charge in [-0.1, -0.05) is 19.1 Å². The van der Waals surface area contributed by atoms with Crippen LogP contribution in [0, 0.1) is 0 Å². The van der Waals surface area contributed by atoms with Crippen molar-refractivity contribution in [3.05, 3.63) is 52.3 Å². The summed E-state index contributed by atoms with van der Waals surface area (Å²) in [4.78, 5) is 31.3. The number of aromatic amines is 1. The maximum atomic E-state index is 12.3. The van der Waals surface area contributed by atoms with Gasteiger partial charge < -0.3 is 14.8 Å². The highest BCUT2D eigenvalue weighted by Gasteiger charge is 2.21. The van der Waals surface area contributed by atoms with Crippen molar-refractivity contribution in [1.82, 2.24) is 9.97 Å². The molecule has 1 heterocycles. The van der Waals surface area contributed by atoms with Gasteiger partial charge in [0.25, 0.3) is 5.56 Å². The maximum absolute atomic E-state index is 12.3. The zero-order valence-electron chi connectivity index (χ0n) is 13.3. The monoisotopic (exact) mass is 324 g/mol. The molecule has 6 nitrogen and oxygen atoms in total. The average Bonchev–Trinajstić information content (AvgIpc) is 2.60. The Hall–Kier alpha value is -3.15. The summed E-state index contributed by atoms with van der Waals surface area (Å²) in [5, 5.41) is 11.0. The number of carbonyl (C=O) groups is 1. The molecule has 0 spiro atoms. The van der Waals surface area contributed by atoms with Crippen molar-refractivity contribution in [2.45, 2.75) is 13.3 Å². The Bertz CT molecular complexity index is 992. The largest absolute Gasteiger partial charge is 0.506 e. The number of phenolic OH excluding ortho intramolecular Hbond substituents is 1. The summed E-state index contributed by atoms with van der Waals surface area (Å²) < 4.78 is 5.27. The van der Waals surface area contributed by atoms with Gasteiger partial charge in [0.05, 0.1) is 23.6 Å². The Kier molecular flexibility index (Phi) is 4.04. The number of aromatic hydroxyl groups is 1. The zero-order chi connectivity index (χ0) is 17.3. The number of fused-ring (bicyclic) bond motifs is 1. The van der Waals surface area contributed by atoms with Gasteiger partial charge in [0.1, 0.15) is 22.9 Å². The molecule has 0 aliphatic carbocycles. The van der Waals surface area contributed by atoms with E-state index in [0.29, 0.717) is 16.7 Å². The number of aromatic nitrogens is 2. The van der Waals surface area contributed by atoms with Gasteiger partial charge in [0, 0.05) is 6.42 Å². The van der Waals surface area contributed by atoms with Gasteiger partial charge in [0.2, 0.25) is 0 Å². The quantitative estimate of drug-likeness (QED) is 0.720. The number of ether oxygens (including phenoxy) is 1. The number of benzene rings is 2. The maximum Gasteiger partial charge on any atom is 0.259 e. The molecule has 122 valence electrons. The summed E-state index contributed by atoms with van der Waals surface area (Å²) in [5.41, 5.74) is 0.526. The van der Waals surface area contributed by atoms with Gasteiger partial charge in [-0.3, -0.25) is 9.59 Å². The van der Waals surface area contributed by atoms with E-state index in [-0.39, 0.29) is 40.5 Å². The van der Waals surface area contributed by atoms with Crippen LogP contribution in [0.5, 0.6) is 11.5 Å². The lowest BCUT2D eigenvalue weighted by Crippen LogP contribution is -2.10. The number of nitrogens with zero attached hydrogens (tertiary/aromatic N) is 1. The number of H-pyrrole nitrogens is 1. The molecule has 0 atom stereocenters. The number of ketones is 1. The number of methoxy groups -OCH3 is 1. The third kappa shape index (κ3) is 2.52. The van der Waals surface area contributed by atoms with E-state index >= 15 is 0 Å². The predicted octanol–water partition coefficient (Wildman–Crippen LogP) is 2.90. The van der Waals surface area contributed by atoms with Crippen LogP contribution in [0.3, 0.4) is 0 Å². The Labute approximate surface area is 137 Å². The first-order valence-corrected chi connectivity index (χ1v) is 7.49. The highest BCUT2D eigenvalue weighted by atomic mass is 16.5. The number of phenols is 1. The second-order valence-electron chi connectivity index (χ2n) is 5.25. The van der Waals surface area contributed by atoms with Crippen molar-refractivity contribution < 1.29 is 14.6 Å². The van der Waals surface area contributed by atoms with Gasteiger partial charge in [-0.15, -0.1) is 0 Å². The van der Waals surface area contributed by atoms with E-state index in [1.165, 1.54) is 13.2 Å². The number of para-hydroxylation sites is 1. The van der Waals surface area contributed by atoms with E-state index < -0.39 is 0 Å². The van der Waals surface area contributed by atoms with E-state index in [4.69, 9.17) is 4.74 Å². The molecule has 0 aliphatic rings. The summed E-state index contributed by atoms with van der Waals surface area (Å²) in [5.74, 6) is 0.0107. The average molecular weight is 324 g/mol. The number of Topliss-reactive ketones (excluding diaryl/α,β-unsaturated/α-hetero) is 1. The highest BCUT2D eigenvalue weighted by molar-refractivity contribution is 6.01. The van der Waals surface area contributed by atoms with Gasteiger partial charge in [-0.05, 0) is 24.3 Å². The lowest BCUT2D eigenvalue weighted by atomic mass is 10.0. The minimum atomic E-state index is -0.329. The fourth-order valence-electron chi connectivity index (χ4n) is 2.59. The zero-order valence-corrected chi connectivity index (χ0v) is 13.3. The first-order valence-electron chi connectivity index (χ1n) is 7.49. The first-order chi connectivity index (χ1) is 11.6. The van der Waals surface area contributed by atoms with E-state index in [2.05, 4.69) is 9.97 Å². The number of nitrogens with one attached hydrogen (secondary N) is 1. The second kappa shape index (κ2) is 6.16. The third-order valence-corrected chi connectivity index (χ3v) is 3.83. The standard InChI is InChI=1S/C18H16N2O4/c1-3-13(21)11-8-9-14(24-2)15(16(11)22)17-19-12-7-5-4-6-10(12)18(23)20-17/h4-9,22H,3H2,1-2H3,(H,19,20,23). The molecule has 0 amide bonds. The van der Waals surface area contributed by atoms with E-state index in [1.807, 2.05) is 0 Å². The highest BCUT2D eigenvalue weighted by Crippen LogP contribution is 2.38. The SMILES string of the molecule is CCC(=O)c1ccc(OC)c(-c2nc3ccccc3c(=O)[nH]2)c1O. The van der Waals surface area contributed by atoms with Crippen LogP contribution in [-0.4, -0.2) is 28.0 Å². The minimum absolute atomic E-state index is 0.152. The van der Waals surface area contributed by atoms with E-state index in [1.54, 1.807) is 37.3 Å². The third-order valence-electron chi connectivity index (χ3n) is 3.83. The topological polar surface area (TPSA) is 92.3 Å². The van der Waals surface area contributed by atoms with Crippen molar-refractivity contribution >= 4 is 16.7 Å². The Morgan fingerprint density at radius 3 is 2.71 bits per heavy atom. The van der Waals surface area contributed by atoms with Crippen molar-refractivity contribution in [3.8, 4) is 22.9 Å². The fourth-order valence-corrected chi connectivity index (χ4v) is 2.59. The Balaban J connectivity index is 2.32. The fraction of sp³-hybridized carbons (Fsp3) is 0.167. The Morgan fingerprint density at radius 1 is 1.25 bits per heavy atom. The molecule has 0 unspecified atom stereocenters. The van der Waals surface area contributed by atoms with E-state index in [9.17, 15) is 14.7 Å². The van der Waals surface area contributed by atoms with E-state index in [0.717, 1.165) is 0 Å². The van der Waals surface area contributed by atoms with Crippen LogP contribution >= 0.6 is 0 Å². The second-order valence-corrected chi connectivity index (χ2v) is 5.25.